The summed E-state index contributed by atoms with van der Waals surface area (Å²) in [5.41, 5.74) is 3.95. The molecule has 0 aliphatic rings. The van der Waals surface area contributed by atoms with E-state index in [-0.39, 0.29) is 13.2 Å². The summed E-state index contributed by atoms with van der Waals surface area (Å²) in [6, 6.07) is 59.6. The van der Waals surface area contributed by atoms with Crippen LogP contribution < -0.4 is 41.3 Å². The molecule has 0 unspecified atom stereocenters. The zero-order valence-electron chi connectivity index (χ0n) is 31.6. The van der Waals surface area contributed by atoms with Crippen molar-refractivity contribution in [2.24, 2.45) is 0 Å². The smallest absolute Gasteiger partial charge is 0.118 e. The van der Waals surface area contributed by atoms with Crippen LogP contribution in [0.15, 0.2) is 170 Å². The van der Waals surface area contributed by atoms with Gasteiger partial charge in [-0.2, -0.15) is 0 Å². The van der Waals surface area contributed by atoms with E-state index in [1.54, 1.807) is 14.2 Å². The maximum Gasteiger partial charge on any atom is 0.118 e. The molecular formula is C50H44O4P2. The first-order valence-electron chi connectivity index (χ1n) is 18.5. The monoisotopic (exact) mass is 770 g/mol. The Labute approximate surface area is 329 Å². The van der Waals surface area contributed by atoms with E-state index in [0.29, 0.717) is 0 Å². The number of benzene rings is 8. The zero-order valence-corrected chi connectivity index (χ0v) is 33.4. The van der Waals surface area contributed by atoms with Crippen LogP contribution in [0.1, 0.15) is 11.1 Å². The van der Waals surface area contributed by atoms with Gasteiger partial charge in [-0.15, -0.1) is 0 Å². The maximum atomic E-state index is 10.0. The number of methoxy groups -OCH3 is 2. The standard InChI is InChI=1S/C50H44O4P2/c1-53-39-19-27-43(28-20-39)56(4,44-29-21-40(54-2)22-30-44)48-32-18-38-10-6-8-12-46(38)50(48)49-45-11-7-5-9-37(45)17-31-47(49)55(3,41-23-13-35(33-51)14-24-41)42-25-15-36(34-52)16-26-42/h5-32,51-52H,3-4,33-34H2,1-2H3. The average Bonchev–Trinajstić information content (AvgIpc) is 3.27. The Morgan fingerprint density at radius 1 is 0.411 bits per heavy atom. The lowest BCUT2D eigenvalue weighted by atomic mass is 9.93. The summed E-state index contributed by atoms with van der Waals surface area (Å²) in [5, 5.41) is 31.3. The number of hydrogen-bond donors (Lipinski definition) is 2. The zero-order chi connectivity index (χ0) is 38.9. The summed E-state index contributed by atoms with van der Waals surface area (Å²) in [6.45, 7) is -5.38. The summed E-state index contributed by atoms with van der Waals surface area (Å²) in [7, 11) is 3.38. The largest absolute Gasteiger partial charge is 0.497 e. The van der Waals surface area contributed by atoms with Crippen LogP contribution in [-0.4, -0.2) is 37.0 Å². The van der Waals surface area contributed by atoms with E-state index in [2.05, 4.69) is 121 Å². The van der Waals surface area contributed by atoms with E-state index in [9.17, 15) is 10.2 Å². The minimum absolute atomic E-state index is 0.0410. The van der Waals surface area contributed by atoms with Crippen molar-refractivity contribution in [2.75, 3.05) is 14.2 Å². The van der Waals surface area contributed by atoms with Gasteiger partial charge in [0.25, 0.3) is 0 Å². The van der Waals surface area contributed by atoms with Gasteiger partial charge in [-0.1, -0.05) is 158 Å². The topological polar surface area (TPSA) is 58.9 Å². The molecule has 56 heavy (non-hydrogen) atoms. The molecule has 0 aromatic heterocycles. The number of aliphatic hydroxyl groups is 2. The summed E-state index contributed by atoms with van der Waals surface area (Å²) in [6.07, 6.45) is 10.5. The van der Waals surface area contributed by atoms with Crippen molar-refractivity contribution in [3.8, 4) is 22.6 Å². The van der Waals surface area contributed by atoms with E-state index in [1.165, 1.54) is 0 Å². The van der Waals surface area contributed by atoms with Crippen LogP contribution in [0.2, 0.25) is 0 Å². The van der Waals surface area contributed by atoms with Crippen molar-refractivity contribution in [1.29, 1.82) is 0 Å². The highest BCUT2D eigenvalue weighted by atomic mass is 31.2. The van der Waals surface area contributed by atoms with Gasteiger partial charge < -0.3 is 19.7 Å². The molecule has 8 aromatic rings. The molecule has 0 bridgehead atoms. The fourth-order valence-electron chi connectivity index (χ4n) is 7.92. The van der Waals surface area contributed by atoms with Gasteiger partial charge >= 0.3 is 0 Å². The van der Waals surface area contributed by atoms with Crippen LogP contribution in [0.4, 0.5) is 0 Å². The van der Waals surface area contributed by atoms with Crippen LogP contribution in [0.3, 0.4) is 0 Å². The molecule has 0 fully saturated rings. The van der Waals surface area contributed by atoms with Gasteiger partial charge in [0.2, 0.25) is 0 Å². The van der Waals surface area contributed by atoms with E-state index in [1.807, 2.05) is 48.5 Å². The Bertz CT molecular complexity index is 2470. The highest BCUT2D eigenvalue weighted by Crippen LogP contribution is 2.51. The fourth-order valence-corrected chi connectivity index (χ4v) is 14.1. The quantitative estimate of drug-likeness (QED) is 0.131. The van der Waals surface area contributed by atoms with Crippen LogP contribution in [0.5, 0.6) is 11.5 Å². The van der Waals surface area contributed by atoms with E-state index >= 15 is 0 Å². The Balaban J connectivity index is 1.55. The molecular weight excluding hydrogens is 726 g/mol. The predicted octanol–water partition coefficient (Wildman–Crippen LogP) is 8.11. The normalized spacial score (nSPS) is 11.9. The van der Waals surface area contributed by atoms with Crippen molar-refractivity contribution in [3.05, 3.63) is 181 Å². The van der Waals surface area contributed by atoms with E-state index < -0.39 is 13.8 Å². The highest BCUT2D eigenvalue weighted by Gasteiger charge is 2.32. The average molecular weight is 771 g/mol. The molecule has 4 nitrogen and oxygen atoms in total. The van der Waals surface area contributed by atoms with Crippen molar-refractivity contribution in [3.63, 3.8) is 0 Å². The number of rotatable bonds is 11. The van der Waals surface area contributed by atoms with E-state index in [4.69, 9.17) is 22.1 Å². The fraction of sp³-hybridized carbons (Fsp3) is 0.0800. The molecule has 0 spiro atoms. The Morgan fingerprint density at radius 3 is 1.05 bits per heavy atom. The van der Waals surface area contributed by atoms with Gasteiger partial charge in [0.05, 0.1) is 27.4 Å². The lowest BCUT2D eigenvalue weighted by Gasteiger charge is -2.34. The molecule has 0 saturated carbocycles. The van der Waals surface area contributed by atoms with Gasteiger partial charge in [-0.3, -0.25) is 0 Å². The van der Waals surface area contributed by atoms with Crippen LogP contribution in [0.25, 0.3) is 32.7 Å². The maximum absolute atomic E-state index is 10.0. The molecule has 0 radical (unpaired) electrons. The van der Waals surface area contributed by atoms with Gasteiger partial charge in [-0.05, 0) is 114 Å². The minimum Gasteiger partial charge on any atom is -0.497 e. The molecule has 0 amide bonds. The third-order valence-electron chi connectivity index (χ3n) is 11.0. The highest BCUT2D eigenvalue weighted by molar-refractivity contribution is 7.94. The number of hydrogen-bond acceptors (Lipinski definition) is 4. The summed E-state index contributed by atoms with van der Waals surface area (Å²) < 4.78 is 11.3. The molecule has 0 aliphatic carbocycles. The van der Waals surface area contributed by atoms with Crippen LogP contribution >= 0.6 is 13.8 Å². The summed E-state index contributed by atoms with van der Waals surface area (Å²) in [4.78, 5) is 0. The SMILES string of the molecule is C=P(c1ccc(CO)cc1)(c1ccc(CO)cc1)c1ccc2ccccc2c1-c1c(P(=C)(c2ccc(OC)cc2)c2ccc(OC)cc2)ccc2ccccc12. The molecule has 6 heteroatoms. The second kappa shape index (κ2) is 15.5. The number of aliphatic hydroxyl groups excluding tert-OH is 2. The Hall–Kier alpha value is -5.60. The first-order valence-corrected chi connectivity index (χ1v) is 22.5. The second-order valence-corrected chi connectivity index (χ2v) is 20.3. The number of fused-ring (bicyclic) bond motifs is 2. The Morgan fingerprint density at radius 2 is 0.732 bits per heavy atom. The van der Waals surface area contributed by atoms with Crippen molar-refractivity contribution in [1.82, 2.24) is 0 Å². The molecule has 8 aromatic carbocycles. The first kappa shape index (κ1) is 37.3. The van der Waals surface area contributed by atoms with Crippen LogP contribution in [0, 0.1) is 0 Å². The van der Waals surface area contributed by atoms with Gasteiger partial charge in [0, 0.05) is 0 Å². The van der Waals surface area contributed by atoms with Crippen LogP contribution in [-0.2, 0) is 13.2 Å². The third kappa shape index (κ3) is 6.40. The minimum atomic E-state index is -2.66. The van der Waals surface area contributed by atoms with E-state index in [0.717, 1.165) is 87.1 Å². The second-order valence-electron chi connectivity index (χ2n) is 14.0. The first-order chi connectivity index (χ1) is 27.3. The lowest BCUT2D eigenvalue weighted by molar-refractivity contribution is 0.281. The number of ether oxygens (including phenoxy) is 2. The van der Waals surface area contributed by atoms with Crippen molar-refractivity contribution >= 4 is 79.7 Å². The van der Waals surface area contributed by atoms with Gasteiger partial charge in [-0.25, -0.2) is 0 Å². The molecule has 0 heterocycles. The summed E-state index contributed by atoms with van der Waals surface area (Å²) >= 11 is 0. The molecule has 278 valence electrons. The third-order valence-corrected chi connectivity index (χ3v) is 18.1. The van der Waals surface area contributed by atoms with Crippen molar-refractivity contribution < 1.29 is 19.7 Å². The van der Waals surface area contributed by atoms with Gasteiger partial charge in [0.1, 0.15) is 11.5 Å². The molecule has 2 N–H and O–H groups in total. The van der Waals surface area contributed by atoms with Crippen molar-refractivity contribution in [2.45, 2.75) is 13.2 Å². The molecule has 8 rings (SSSR count). The molecule has 0 saturated heterocycles. The lowest BCUT2D eigenvalue weighted by Crippen LogP contribution is -2.30. The summed E-state index contributed by atoms with van der Waals surface area (Å²) in [5.74, 6) is 1.58. The Kier molecular flexibility index (Phi) is 10.3. The van der Waals surface area contributed by atoms with Gasteiger partial charge in [0.15, 0.2) is 0 Å². The molecule has 0 aliphatic heterocycles. The predicted molar refractivity (Wildman–Crippen MR) is 243 cm³/mol. The molecule has 0 atom stereocenters.